The van der Waals surface area contributed by atoms with Crippen molar-refractivity contribution in [1.82, 2.24) is 0 Å². The Morgan fingerprint density at radius 1 is 0.472 bits per heavy atom. The second kappa shape index (κ2) is 26.5. The van der Waals surface area contributed by atoms with Crippen molar-refractivity contribution in [1.29, 1.82) is 0 Å². The Morgan fingerprint density at radius 3 is 0.943 bits per heavy atom. The summed E-state index contributed by atoms with van der Waals surface area (Å²) in [7, 11) is 18.3. The van der Waals surface area contributed by atoms with Crippen LogP contribution in [0.3, 0.4) is 0 Å². The fourth-order valence-electron chi connectivity index (χ4n) is 9.08. The van der Waals surface area contributed by atoms with E-state index in [9.17, 15) is 0 Å². The molecule has 0 radical (unpaired) electrons. The number of nitrogens with zero attached hydrogens (tertiary/aromatic N) is 2. The van der Waals surface area contributed by atoms with Crippen LogP contribution in [0.1, 0.15) is 140 Å². The molecule has 4 fully saturated rings. The number of benzene rings is 2. The molecule has 0 unspecified atom stereocenters. The zero-order valence-corrected chi connectivity index (χ0v) is 38.5. The molecule has 53 heavy (non-hydrogen) atoms. The molecule has 0 saturated heterocycles. The van der Waals surface area contributed by atoms with Gasteiger partial charge in [-0.15, -0.1) is 0 Å². The van der Waals surface area contributed by atoms with Gasteiger partial charge in [0.1, 0.15) is 0 Å². The van der Waals surface area contributed by atoms with E-state index in [4.69, 9.17) is 19.1 Å². The SMILES string of the molecule is CN(C)c1ccc(CC=CP(C2CCCCC2)C2CCCCC2)cc1.CN(C)c1ccc(CC=CP(C2CCCCC2)C2CCCCC2)cc1.[Cl][Pd][Cl]. The first-order valence-corrected chi connectivity index (χ1v) is 28.2. The zero-order valence-electron chi connectivity index (χ0n) is 33.7. The van der Waals surface area contributed by atoms with Crippen LogP contribution in [-0.2, 0) is 28.8 Å². The summed E-state index contributed by atoms with van der Waals surface area (Å²) in [6, 6.07) is 18.2. The summed E-state index contributed by atoms with van der Waals surface area (Å²) in [5.41, 5.74) is 9.59. The number of hydrogen-bond donors (Lipinski definition) is 0. The molecule has 0 aromatic heterocycles. The molecule has 0 atom stereocenters. The van der Waals surface area contributed by atoms with Crippen LogP contribution in [-0.4, -0.2) is 50.8 Å². The molecule has 0 N–H and O–H groups in total. The molecule has 4 saturated carbocycles. The number of rotatable bonds is 12. The van der Waals surface area contributed by atoms with Crippen LogP contribution in [0, 0.1) is 0 Å². The van der Waals surface area contributed by atoms with Crippen molar-refractivity contribution in [3.05, 3.63) is 83.4 Å². The van der Waals surface area contributed by atoms with Gasteiger partial charge in [-0.3, -0.25) is 0 Å². The van der Waals surface area contributed by atoms with E-state index in [2.05, 4.69) is 110 Å². The summed E-state index contributed by atoms with van der Waals surface area (Å²) in [4.78, 5) is 4.34. The minimum atomic E-state index is -0.106. The Morgan fingerprint density at radius 2 is 0.717 bits per heavy atom. The van der Waals surface area contributed by atoms with Gasteiger partial charge in [-0.2, -0.15) is 0 Å². The van der Waals surface area contributed by atoms with Crippen molar-refractivity contribution in [2.24, 2.45) is 0 Å². The molecule has 4 aliphatic carbocycles. The van der Waals surface area contributed by atoms with Gasteiger partial charge in [-0.05, 0) is 122 Å². The van der Waals surface area contributed by atoms with Crippen molar-refractivity contribution in [2.45, 2.75) is 164 Å². The molecule has 0 spiro atoms. The Kier molecular flexibility index (Phi) is 22.7. The summed E-state index contributed by atoms with van der Waals surface area (Å²) in [5.74, 6) is 5.39. The number of hydrogen-bond acceptors (Lipinski definition) is 2. The molecule has 2 nitrogen and oxygen atoms in total. The van der Waals surface area contributed by atoms with E-state index in [0.717, 1.165) is 35.5 Å². The van der Waals surface area contributed by atoms with Crippen LogP contribution in [0.15, 0.2) is 72.3 Å². The molecule has 0 bridgehead atoms. The van der Waals surface area contributed by atoms with E-state index in [0.29, 0.717) is 0 Å². The van der Waals surface area contributed by atoms with Gasteiger partial charge in [0.05, 0.1) is 0 Å². The topological polar surface area (TPSA) is 6.48 Å². The van der Waals surface area contributed by atoms with Gasteiger partial charge in [0, 0.05) is 39.6 Å². The fraction of sp³-hybridized carbons (Fsp3) is 0.652. The predicted molar refractivity (Wildman–Crippen MR) is 240 cm³/mol. The minimum absolute atomic E-state index is 0.101. The Bertz CT molecular complexity index is 1140. The number of halogens is 2. The summed E-state index contributed by atoms with van der Waals surface area (Å²) in [5, 5.41) is 0. The monoisotopic (exact) mass is 890 g/mol. The van der Waals surface area contributed by atoms with E-state index in [1.807, 2.05) is 0 Å². The third-order valence-electron chi connectivity index (χ3n) is 12.2. The van der Waals surface area contributed by atoms with Crippen molar-refractivity contribution < 1.29 is 15.9 Å². The third kappa shape index (κ3) is 16.6. The molecule has 4 aliphatic rings. The van der Waals surface area contributed by atoms with Crippen LogP contribution in [0.25, 0.3) is 0 Å². The molecule has 2 aromatic carbocycles. The first kappa shape index (κ1) is 45.3. The van der Waals surface area contributed by atoms with Crippen LogP contribution in [0.2, 0.25) is 0 Å². The van der Waals surface area contributed by atoms with Crippen LogP contribution in [0.5, 0.6) is 0 Å². The van der Waals surface area contributed by atoms with Gasteiger partial charge in [0.15, 0.2) is 0 Å². The Hall–Kier alpha value is -0.378. The van der Waals surface area contributed by atoms with E-state index in [-0.39, 0.29) is 31.8 Å². The van der Waals surface area contributed by atoms with Crippen molar-refractivity contribution in [3.8, 4) is 0 Å². The zero-order chi connectivity index (χ0) is 37.7. The maximum atomic E-state index is 4.81. The van der Waals surface area contributed by atoms with Gasteiger partial charge < -0.3 is 9.80 Å². The molecular weight excluding hydrogens is 820 g/mol. The molecule has 300 valence electrons. The average molecular weight is 892 g/mol. The van der Waals surface area contributed by atoms with Gasteiger partial charge in [0.2, 0.25) is 0 Å². The fourth-order valence-corrected chi connectivity index (χ4v) is 15.8. The van der Waals surface area contributed by atoms with E-state index in [1.54, 1.807) is 0 Å². The average Bonchev–Trinajstić information content (AvgIpc) is 3.20. The summed E-state index contributed by atoms with van der Waals surface area (Å²) >= 11 is -0.106. The van der Waals surface area contributed by atoms with Crippen molar-refractivity contribution in [2.75, 3.05) is 38.0 Å². The molecule has 6 rings (SSSR count). The molecule has 7 heteroatoms. The number of anilines is 2. The number of allylic oxidation sites excluding steroid dienone is 2. The predicted octanol–water partition coefficient (Wildman–Crippen LogP) is 15.3. The van der Waals surface area contributed by atoms with Crippen LogP contribution >= 0.6 is 34.9 Å². The van der Waals surface area contributed by atoms with Gasteiger partial charge in [-0.1, -0.05) is 141 Å². The van der Waals surface area contributed by atoms with E-state index in [1.165, 1.54) is 151 Å². The van der Waals surface area contributed by atoms with Gasteiger partial charge in [-0.25, -0.2) is 0 Å². The van der Waals surface area contributed by atoms with E-state index < -0.39 is 0 Å². The quantitative estimate of drug-likeness (QED) is 0.155. The molecule has 0 amide bonds. The Labute approximate surface area is 345 Å². The summed E-state index contributed by atoms with van der Waals surface area (Å²) in [6.45, 7) is 0. The van der Waals surface area contributed by atoms with Crippen LogP contribution in [0.4, 0.5) is 11.4 Å². The molecule has 2 aromatic rings. The van der Waals surface area contributed by atoms with Crippen molar-refractivity contribution in [3.63, 3.8) is 0 Å². The summed E-state index contributed by atoms with van der Waals surface area (Å²) in [6.07, 6.45) is 37.0. The van der Waals surface area contributed by atoms with Gasteiger partial charge in [0.25, 0.3) is 0 Å². The summed E-state index contributed by atoms with van der Waals surface area (Å²) < 4.78 is 0. The third-order valence-corrected chi connectivity index (χ3v) is 18.7. The van der Waals surface area contributed by atoms with Gasteiger partial charge >= 0.3 is 35.0 Å². The normalized spacial score (nSPS) is 19.7. The molecule has 0 aliphatic heterocycles. The second-order valence-corrected chi connectivity index (χ2v) is 24.1. The molecule has 0 heterocycles. The van der Waals surface area contributed by atoms with Crippen LogP contribution < -0.4 is 9.80 Å². The first-order chi connectivity index (χ1) is 25.9. The first-order valence-electron chi connectivity index (χ1n) is 21.1. The maximum absolute atomic E-state index is 4.81. The standard InChI is InChI=1S/2C23H36NP.2ClH.Pd/c2*1-24(2)21-17-15-20(16-18-21)10-9-19-25(22-11-5-3-6-12-22)23-13-7-4-8-14-23;;;/h2*9,15-19,22-23H,3-8,10-14H2,1-2H3;2*1H;/q;;;;+2/p-2. The Balaban J connectivity index is 0.000000220. The molecular formula is C46H72Cl2N2P2Pd. The van der Waals surface area contributed by atoms with E-state index >= 15 is 0 Å². The second-order valence-electron chi connectivity index (χ2n) is 16.4. The van der Waals surface area contributed by atoms with Crippen molar-refractivity contribution >= 4 is 46.3 Å².